The first kappa shape index (κ1) is 14.6. The molecule has 1 aliphatic carbocycles. The van der Waals surface area contributed by atoms with E-state index in [1.54, 1.807) is 0 Å². The molecule has 0 heterocycles. The van der Waals surface area contributed by atoms with Crippen molar-refractivity contribution in [2.75, 3.05) is 0 Å². The van der Waals surface area contributed by atoms with Crippen molar-refractivity contribution in [1.29, 1.82) is 0 Å². The van der Waals surface area contributed by atoms with Gasteiger partial charge in [-0.2, -0.15) is 0 Å². The van der Waals surface area contributed by atoms with Gasteiger partial charge in [-0.15, -0.1) is 0 Å². The second-order valence-electron chi connectivity index (χ2n) is 5.60. The minimum absolute atomic E-state index is 0.586. The maximum Gasteiger partial charge on any atom is 0.127 e. The third kappa shape index (κ3) is 3.86. The fraction of sp³-hybridized carbons (Fsp3) is 0.333. The lowest BCUT2D eigenvalue weighted by Gasteiger charge is -2.15. The normalized spacial score (nSPS) is 14.2. The molecule has 1 N–H and O–H groups in total. The highest BCUT2D eigenvalue weighted by atomic mass is 79.9. The zero-order chi connectivity index (χ0) is 14.7. The van der Waals surface area contributed by atoms with Crippen LogP contribution in [-0.4, -0.2) is 6.04 Å². The third-order valence-corrected chi connectivity index (χ3v) is 4.56. The number of rotatable bonds is 6. The third-order valence-electron chi connectivity index (χ3n) is 3.78. The smallest absolute Gasteiger partial charge is 0.127 e. The van der Waals surface area contributed by atoms with Crippen molar-refractivity contribution >= 4 is 15.9 Å². The summed E-state index contributed by atoms with van der Waals surface area (Å²) in [6, 6.07) is 15.3. The molecule has 21 heavy (non-hydrogen) atoms. The van der Waals surface area contributed by atoms with Gasteiger partial charge in [-0.1, -0.05) is 52.3 Å². The zero-order valence-corrected chi connectivity index (χ0v) is 13.8. The highest BCUT2D eigenvalue weighted by Crippen LogP contribution is 2.27. The molecule has 0 bridgehead atoms. The van der Waals surface area contributed by atoms with Gasteiger partial charge in [-0.3, -0.25) is 0 Å². The molecule has 0 unspecified atom stereocenters. The molecule has 2 aromatic carbocycles. The van der Waals surface area contributed by atoms with E-state index in [1.807, 2.05) is 18.2 Å². The van der Waals surface area contributed by atoms with Gasteiger partial charge in [-0.05, 0) is 31.4 Å². The number of halogens is 1. The van der Waals surface area contributed by atoms with Crippen LogP contribution in [0.15, 0.2) is 46.9 Å². The van der Waals surface area contributed by atoms with Crippen molar-refractivity contribution in [2.24, 2.45) is 0 Å². The first-order valence-electron chi connectivity index (χ1n) is 7.42. The van der Waals surface area contributed by atoms with Crippen LogP contribution in [0.5, 0.6) is 5.75 Å². The van der Waals surface area contributed by atoms with E-state index in [4.69, 9.17) is 4.74 Å². The average Bonchev–Trinajstić information content (AvgIpc) is 3.30. The summed E-state index contributed by atoms with van der Waals surface area (Å²) in [7, 11) is 0. The van der Waals surface area contributed by atoms with E-state index in [0.717, 1.165) is 16.8 Å². The van der Waals surface area contributed by atoms with Crippen LogP contribution in [0.4, 0.5) is 0 Å². The first-order valence-corrected chi connectivity index (χ1v) is 8.21. The molecule has 2 aromatic rings. The summed E-state index contributed by atoms with van der Waals surface area (Å²) in [6.45, 7) is 3.58. The van der Waals surface area contributed by atoms with Gasteiger partial charge in [-0.25, -0.2) is 0 Å². The van der Waals surface area contributed by atoms with Gasteiger partial charge < -0.3 is 10.1 Å². The Morgan fingerprint density at radius 1 is 1.10 bits per heavy atom. The predicted octanol–water partition coefficient (Wildman–Crippen LogP) is 4.59. The number of nitrogens with one attached hydrogen (secondary N) is 1. The Bertz CT molecular complexity index is 622. The van der Waals surface area contributed by atoms with Crippen molar-refractivity contribution in [2.45, 2.75) is 39.0 Å². The fourth-order valence-corrected chi connectivity index (χ4v) is 2.77. The van der Waals surface area contributed by atoms with Gasteiger partial charge in [0.05, 0.1) is 0 Å². The van der Waals surface area contributed by atoms with Gasteiger partial charge in [0.2, 0.25) is 0 Å². The minimum atomic E-state index is 0.586. The van der Waals surface area contributed by atoms with Gasteiger partial charge in [0.15, 0.2) is 0 Å². The molecule has 2 nitrogen and oxygen atoms in total. The molecule has 0 radical (unpaired) electrons. The zero-order valence-electron chi connectivity index (χ0n) is 12.2. The molecule has 1 aliphatic rings. The van der Waals surface area contributed by atoms with E-state index in [1.165, 1.54) is 29.5 Å². The molecule has 0 saturated heterocycles. The molecule has 1 fully saturated rings. The van der Waals surface area contributed by atoms with E-state index in [0.29, 0.717) is 12.6 Å². The Balaban J connectivity index is 1.72. The Morgan fingerprint density at radius 3 is 2.62 bits per heavy atom. The van der Waals surface area contributed by atoms with Crippen LogP contribution in [0.25, 0.3) is 0 Å². The Labute approximate surface area is 134 Å². The Hall–Kier alpha value is -1.32. The lowest BCUT2D eigenvalue weighted by molar-refractivity contribution is 0.299. The van der Waals surface area contributed by atoms with Crippen LogP contribution in [0.3, 0.4) is 0 Å². The predicted molar refractivity (Wildman–Crippen MR) is 89.5 cm³/mol. The van der Waals surface area contributed by atoms with Crippen molar-refractivity contribution < 1.29 is 4.74 Å². The Kier molecular flexibility index (Phi) is 4.61. The number of hydrogen-bond donors (Lipinski definition) is 1. The minimum Gasteiger partial charge on any atom is -0.488 e. The molecule has 0 aromatic heterocycles. The number of ether oxygens (including phenoxy) is 1. The van der Waals surface area contributed by atoms with E-state index >= 15 is 0 Å². The molecular weight excluding hydrogens is 326 g/mol. The SMILES string of the molecule is Cc1cccc(CNC2CC2)c1OCc1ccccc1Br. The summed E-state index contributed by atoms with van der Waals surface area (Å²) in [6.07, 6.45) is 2.61. The highest BCUT2D eigenvalue weighted by molar-refractivity contribution is 9.10. The number of aryl methyl sites for hydroxylation is 1. The maximum atomic E-state index is 6.12. The van der Waals surface area contributed by atoms with Gasteiger partial charge in [0, 0.05) is 28.2 Å². The topological polar surface area (TPSA) is 21.3 Å². The lowest BCUT2D eigenvalue weighted by Crippen LogP contribution is -2.16. The van der Waals surface area contributed by atoms with Crippen LogP contribution < -0.4 is 10.1 Å². The second-order valence-corrected chi connectivity index (χ2v) is 6.45. The molecular formula is C18H20BrNO. The summed E-state index contributed by atoms with van der Waals surface area (Å²) < 4.78 is 7.21. The summed E-state index contributed by atoms with van der Waals surface area (Å²) in [5, 5.41) is 3.56. The van der Waals surface area contributed by atoms with Gasteiger partial charge in [0.1, 0.15) is 12.4 Å². The van der Waals surface area contributed by atoms with Crippen molar-refractivity contribution in [3.8, 4) is 5.75 Å². The second kappa shape index (κ2) is 6.63. The van der Waals surface area contributed by atoms with E-state index < -0.39 is 0 Å². The quantitative estimate of drug-likeness (QED) is 0.826. The number of hydrogen-bond acceptors (Lipinski definition) is 2. The van der Waals surface area contributed by atoms with Gasteiger partial charge >= 0.3 is 0 Å². The van der Waals surface area contributed by atoms with Crippen LogP contribution in [-0.2, 0) is 13.2 Å². The summed E-state index contributed by atoms with van der Waals surface area (Å²) in [4.78, 5) is 0. The lowest BCUT2D eigenvalue weighted by atomic mass is 10.1. The standard InChI is InChI=1S/C18H20BrNO/c1-13-5-4-7-14(11-20-16-9-10-16)18(13)21-12-15-6-2-3-8-17(15)19/h2-8,16,20H,9-12H2,1H3. The van der Waals surface area contributed by atoms with Crippen LogP contribution in [0.1, 0.15) is 29.5 Å². The molecule has 110 valence electrons. The van der Waals surface area contributed by atoms with Crippen molar-refractivity contribution in [3.05, 3.63) is 63.6 Å². The molecule has 0 amide bonds. The summed E-state index contributed by atoms with van der Waals surface area (Å²) in [5.41, 5.74) is 3.60. The summed E-state index contributed by atoms with van der Waals surface area (Å²) in [5.74, 6) is 1.02. The number of benzene rings is 2. The Morgan fingerprint density at radius 2 is 1.86 bits per heavy atom. The monoisotopic (exact) mass is 345 g/mol. The maximum absolute atomic E-state index is 6.12. The molecule has 3 heteroatoms. The number of para-hydroxylation sites is 1. The van der Waals surface area contributed by atoms with E-state index in [2.05, 4.69) is 52.4 Å². The van der Waals surface area contributed by atoms with Crippen LogP contribution in [0, 0.1) is 6.92 Å². The van der Waals surface area contributed by atoms with Crippen molar-refractivity contribution in [1.82, 2.24) is 5.32 Å². The van der Waals surface area contributed by atoms with Crippen LogP contribution in [0.2, 0.25) is 0 Å². The molecule has 0 atom stereocenters. The molecule has 3 rings (SSSR count). The van der Waals surface area contributed by atoms with Crippen LogP contribution >= 0.6 is 15.9 Å². The molecule has 1 saturated carbocycles. The first-order chi connectivity index (χ1) is 10.2. The highest BCUT2D eigenvalue weighted by Gasteiger charge is 2.20. The molecule has 0 spiro atoms. The average molecular weight is 346 g/mol. The largest absolute Gasteiger partial charge is 0.488 e. The molecule has 0 aliphatic heterocycles. The fourth-order valence-electron chi connectivity index (χ4n) is 2.37. The van der Waals surface area contributed by atoms with Gasteiger partial charge in [0.25, 0.3) is 0 Å². The summed E-state index contributed by atoms with van der Waals surface area (Å²) >= 11 is 3.57. The van der Waals surface area contributed by atoms with E-state index in [-0.39, 0.29) is 0 Å². The van der Waals surface area contributed by atoms with Crippen molar-refractivity contribution in [3.63, 3.8) is 0 Å². The van der Waals surface area contributed by atoms with E-state index in [9.17, 15) is 0 Å².